The number of methoxy groups -OCH3 is 1. The summed E-state index contributed by atoms with van der Waals surface area (Å²) in [6.07, 6.45) is 3.43. The first-order valence-electron chi connectivity index (χ1n) is 12.2. The lowest BCUT2D eigenvalue weighted by atomic mass is 9.98. The molecule has 3 heterocycles. The first-order valence-corrected chi connectivity index (χ1v) is 12.9. The molecule has 0 saturated carbocycles. The smallest absolute Gasteiger partial charge is 0.331 e. The fraction of sp³-hybridized carbons (Fsp3) is 0.172. The van der Waals surface area contributed by atoms with Gasteiger partial charge in [-0.2, -0.15) is 4.57 Å². The molecule has 1 aliphatic rings. The van der Waals surface area contributed by atoms with Crippen molar-refractivity contribution in [3.63, 3.8) is 0 Å². The average molecular weight is 564 g/mol. The van der Waals surface area contributed by atoms with Crippen LogP contribution in [0, 0.1) is 6.92 Å². The topological polar surface area (TPSA) is 88.3 Å². The van der Waals surface area contributed by atoms with Gasteiger partial charge in [-0.25, -0.2) is 9.58 Å². The summed E-state index contributed by atoms with van der Waals surface area (Å²) >= 11 is 12.3. The van der Waals surface area contributed by atoms with Gasteiger partial charge in [-0.3, -0.25) is 19.5 Å². The van der Waals surface area contributed by atoms with Gasteiger partial charge >= 0.3 is 5.91 Å². The molecule has 0 aliphatic carbocycles. The van der Waals surface area contributed by atoms with Crippen LogP contribution in [0.25, 0.3) is 17.0 Å². The van der Waals surface area contributed by atoms with Gasteiger partial charge in [0.05, 0.1) is 34.1 Å². The standard InChI is InChI=1S/C29H24Cl2N4O4/c1-16(2)25-23(28(37)35(32-25)19-9-12-21(30)22(31)14-19)24-26(33-13-5-6-17(3)15-33)29(38)34(27(24)36)18-7-10-20(39-4)11-8-18/h5-16H,1-4H3/p+1. The zero-order valence-electron chi connectivity index (χ0n) is 21.7. The molecule has 8 nitrogen and oxygen atoms in total. The minimum Gasteiger partial charge on any atom is -0.497 e. The number of rotatable bonds is 6. The van der Waals surface area contributed by atoms with Crippen LogP contribution in [-0.4, -0.2) is 28.7 Å². The lowest BCUT2D eigenvalue weighted by Crippen LogP contribution is -2.39. The summed E-state index contributed by atoms with van der Waals surface area (Å²) < 4.78 is 8.13. The molecule has 0 bridgehead atoms. The third kappa shape index (κ3) is 4.56. The van der Waals surface area contributed by atoms with Crippen LogP contribution >= 0.6 is 23.2 Å². The molecule has 2 aromatic carbocycles. The second-order valence-corrected chi connectivity index (χ2v) is 10.3. The van der Waals surface area contributed by atoms with Crippen molar-refractivity contribution in [1.82, 2.24) is 9.78 Å². The molecule has 0 radical (unpaired) electrons. The van der Waals surface area contributed by atoms with E-state index in [0.717, 1.165) is 10.5 Å². The Kier molecular flexibility index (Phi) is 6.92. The van der Waals surface area contributed by atoms with Crippen LogP contribution in [-0.2, 0) is 9.59 Å². The third-order valence-corrected chi connectivity index (χ3v) is 7.24. The van der Waals surface area contributed by atoms with E-state index in [1.54, 1.807) is 65.5 Å². The van der Waals surface area contributed by atoms with Crippen molar-refractivity contribution in [2.45, 2.75) is 26.7 Å². The average Bonchev–Trinajstić information content (AvgIpc) is 3.38. The molecule has 5 rings (SSSR count). The number of aromatic nitrogens is 3. The van der Waals surface area contributed by atoms with Crippen LogP contribution in [0.15, 0.2) is 71.8 Å². The van der Waals surface area contributed by atoms with Crippen molar-refractivity contribution in [2.75, 3.05) is 12.0 Å². The number of hydrogen-bond donors (Lipinski definition) is 1. The third-order valence-electron chi connectivity index (χ3n) is 6.50. The molecule has 0 spiro atoms. The number of H-pyrrole nitrogens is 1. The van der Waals surface area contributed by atoms with Crippen molar-refractivity contribution in [1.29, 1.82) is 0 Å². The predicted molar refractivity (Wildman–Crippen MR) is 150 cm³/mol. The molecule has 10 heteroatoms. The Balaban J connectivity index is 1.78. The Bertz CT molecular complexity index is 1720. The normalized spacial score (nSPS) is 13.7. The van der Waals surface area contributed by atoms with Crippen LogP contribution in [0.3, 0.4) is 0 Å². The fourth-order valence-electron chi connectivity index (χ4n) is 4.60. The van der Waals surface area contributed by atoms with E-state index in [1.165, 1.54) is 11.8 Å². The lowest BCUT2D eigenvalue weighted by Gasteiger charge is -2.14. The Morgan fingerprint density at radius 2 is 1.62 bits per heavy atom. The molecule has 2 aromatic heterocycles. The number of hydrogen-bond acceptors (Lipinski definition) is 4. The van der Waals surface area contributed by atoms with Crippen LogP contribution < -0.4 is 19.8 Å². The fourth-order valence-corrected chi connectivity index (χ4v) is 4.89. The second-order valence-electron chi connectivity index (χ2n) is 9.45. The van der Waals surface area contributed by atoms with Gasteiger partial charge < -0.3 is 4.74 Å². The van der Waals surface area contributed by atoms with E-state index in [-0.39, 0.29) is 27.8 Å². The Hall–Kier alpha value is -4.14. The number of pyridine rings is 1. The lowest BCUT2D eigenvalue weighted by molar-refractivity contribution is -0.577. The molecule has 1 aliphatic heterocycles. The van der Waals surface area contributed by atoms with E-state index in [2.05, 4.69) is 5.10 Å². The summed E-state index contributed by atoms with van der Waals surface area (Å²) in [4.78, 5) is 43.2. The number of imide groups is 1. The number of amides is 2. The van der Waals surface area contributed by atoms with Crippen LogP contribution in [0.4, 0.5) is 5.69 Å². The zero-order chi connectivity index (χ0) is 28.0. The van der Waals surface area contributed by atoms with Crippen LogP contribution in [0.1, 0.15) is 36.6 Å². The number of carbonyl (C=O) groups excluding carboxylic acids is 2. The van der Waals surface area contributed by atoms with E-state index in [9.17, 15) is 14.4 Å². The second kappa shape index (κ2) is 10.2. The molecule has 0 atom stereocenters. The molecule has 4 aromatic rings. The van der Waals surface area contributed by atoms with E-state index in [0.29, 0.717) is 27.8 Å². The highest BCUT2D eigenvalue weighted by Gasteiger charge is 2.48. The monoisotopic (exact) mass is 563 g/mol. The number of ether oxygens (including phenoxy) is 1. The van der Waals surface area contributed by atoms with Crippen molar-refractivity contribution >= 4 is 52.0 Å². The highest BCUT2D eigenvalue weighted by molar-refractivity contribution is 6.53. The van der Waals surface area contributed by atoms with Crippen molar-refractivity contribution in [3.8, 4) is 11.4 Å². The summed E-state index contributed by atoms with van der Waals surface area (Å²) in [5.74, 6) is -0.761. The van der Waals surface area contributed by atoms with Crippen molar-refractivity contribution < 1.29 is 18.9 Å². The molecule has 2 amide bonds. The summed E-state index contributed by atoms with van der Waals surface area (Å²) in [6.45, 7) is 5.68. The number of halogens is 2. The van der Waals surface area contributed by atoms with Gasteiger partial charge in [0, 0.05) is 17.3 Å². The quantitative estimate of drug-likeness (QED) is 0.260. The van der Waals surface area contributed by atoms with E-state index in [4.69, 9.17) is 27.9 Å². The van der Waals surface area contributed by atoms with Crippen molar-refractivity contribution in [2.24, 2.45) is 0 Å². The zero-order valence-corrected chi connectivity index (χ0v) is 23.2. The highest BCUT2D eigenvalue weighted by atomic mass is 35.5. The van der Waals surface area contributed by atoms with Gasteiger partial charge in [-0.15, -0.1) is 0 Å². The summed E-state index contributed by atoms with van der Waals surface area (Å²) in [7, 11) is 1.53. The van der Waals surface area contributed by atoms with Crippen molar-refractivity contribution in [3.05, 3.63) is 104 Å². The molecular formula is C29H25Cl2N4O4+. The van der Waals surface area contributed by atoms with Gasteiger partial charge in [0.1, 0.15) is 11.3 Å². The summed E-state index contributed by atoms with van der Waals surface area (Å²) in [6, 6.07) is 15.1. The molecule has 1 N–H and O–H groups in total. The largest absolute Gasteiger partial charge is 0.497 e. The van der Waals surface area contributed by atoms with Gasteiger partial charge in [0.2, 0.25) is 0 Å². The van der Waals surface area contributed by atoms with Gasteiger partial charge in [0.25, 0.3) is 17.2 Å². The van der Waals surface area contributed by atoms with E-state index >= 15 is 0 Å². The first kappa shape index (κ1) is 26.5. The summed E-state index contributed by atoms with van der Waals surface area (Å²) in [5.41, 5.74) is 1.90. The number of aromatic amines is 1. The minimum atomic E-state index is -0.603. The number of carbonyl (C=O) groups is 2. The Labute approximate surface area is 234 Å². The molecule has 0 unspecified atom stereocenters. The van der Waals surface area contributed by atoms with Gasteiger partial charge in [-0.05, 0) is 61.4 Å². The van der Waals surface area contributed by atoms with E-state index < -0.39 is 17.4 Å². The Morgan fingerprint density at radius 3 is 2.23 bits per heavy atom. The summed E-state index contributed by atoms with van der Waals surface area (Å²) in [5, 5.41) is 3.76. The number of aryl methyl sites for hydroxylation is 1. The maximum Gasteiger partial charge on any atom is 0.331 e. The molecule has 39 heavy (non-hydrogen) atoms. The van der Waals surface area contributed by atoms with E-state index in [1.807, 2.05) is 26.8 Å². The Morgan fingerprint density at radius 1 is 0.923 bits per heavy atom. The molecule has 198 valence electrons. The van der Waals surface area contributed by atoms with Gasteiger partial charge in [0.15, 0.2) is 12.4 Å². The number of nitrogens with zero attached hydrogens (tertiary/aromatic N) is 3. The highest BCUT2D eigenvalue weighted by Crippen LogP contribution is 2.36. The molecule has 0 saturated heterocycles. The van der Waals surface area contributed by atoms with Crippen LogP contribution in [0.2, 0.25) is 10.0 Å². The number of anilines is 1. The van der Waals surface area contributed by atoms with Gasteiger partial charge in [-0.1, -0.05) is 37.0 Å². The number of benzene rings is 2. The first-order chi connectivity index (χ1) is 18.6. The maximum absolute atomic E-state index is 14.1. The maximum atomic E-state index is 14.1. The SMILES string of the molecule is COc1ccc(N2C(=O)C(c3c(C(C)C)[nH]n(-c4ccc(Cl)c(Cl)c4)c3=O)=C([n+]3cccc(C)c3)C2=O)cc1. The molecule has 0 fully saturated rings. The minimum absolute atomic E-state index is 0.00942. The number of nitrogens with one attached hydrogen (secondary N) is 1. The van der Waals surface area contributed by atoms with Crippen LogP contribution in [0.5, 0.6) is 5.75 Å². The molecular weight excluding hydrogens is 539 g/mol. The predicted octanol–water partition coefficient (Wildman–Crippen LogP) is 5.14.